The van der Waals surface area contributed by atoms with E-state index in [9.17, 15) is 14.4 Å². The summed E-state index contributed by atoms with van der Waals surface area (Å²) in [5.74, 6) is -0.276. The van der Waals surface area contributed by atoms with E-state index in [0.717, 1.165) is 27.8 Å². The van der Waals surface area contributed by atoms with Gasteiger partial charge < -0.3 is 19.7 Å². The van der Waals surface area contributed by atoms with Crippen molar-refractivity contribution in [3.05, 3.63) is 173 Å². The largest absolute Gasteiger partial charge is 0.459 e. The van der Waals surface area contributed by atoms with Crippen molar-refractivity contribution in [1.82, 2.24) is 15.2 Å². The number of piperidine rings is 1. The molecule has 1 atom stereocenters. The van der Waals surface area contributed by atoms with Gasteiger partial charge in [-0.2, -0.15) is 0 Å². The zero-order valence-corrected chi connectivity index (χ0v) is 33.5. The number of aromatic nitrogens is 1. The third-order valence-corrected chi connectivity index (χ3v) is 12.0. The van der Waals surface area contributed by atoms with Gasteiger partial charge in [-0.1, -0.05) is 121 Å². The Bertz CT molecular complexity index is 1950. The Hall–Kier alpha value is -5.41. The monoisotopic (exact) mass is 769 g/mol. The Kier molecular flexibility index (Phi) is 13.0. The minimum Gasteiger partial charge on any atom is -0.459 e. The molecule has 1 aromatic heterocycles. The highest BCUT2D eigenvalue weighted by molar-refractivity contribution is 8.00. The molecular weight excluding hydrogens is 719 g/mol. The molecule has 1 saturated heterocycles. The first-order chi connectivity index (χ1) is 27.0. The van der Waals surface area contributed by atoms with Crippen LogP contribution in [0.15, 0.2) is 140 Å². The summed E-state index contributed by atoms with van der Waals surface area (Å²) in [6.07, 6.45) is 2.32. The third-order valence-electron chi connectivity index (χ3n) is 10.3. The molecule has 290 valence electrons. The van der Waals surface area contributed by atoms with Crippen LogP contribution in [-0.4, -0.2) is 58.3 Å². The van der Waals surface area contributed by atoms with Crippen molar-refractivity contribution in [2.24, 2.45) is 5.41 Å². The lowest BCUT2D eigenvalue weighted by Crippen LogP contribution is -2.55. The van der Waals surface area contributed by atoms with Gasteiger partial charge in [0, 0.05) is 25.0 Å². The number of carbonyl (C=O) groups excluding carboxylic acids is 3. The number of esters is 1. The van der Waals surface area contributed by atoms with E-state index in [0.29, 0.717) is 38.0 Å². The predicted molar refractivity (Wildman–Crippen MR) is 222 cm³/mol. The molecule has 0 bridgehead atoms. The molecule has 6 rings (SSSR count). The van der Waals surface area contributed by atoms with Gasteiger partial charge in [-0.15, -0.1) is 11.8 Å². The van der Waals surface area contributed by atoms with Crippen molar-refractivity contribution in [1.29, 1.82) is 0 Å². The van der Waals surface area contributed by atoms with Gasteiger partial charge in [-0.3, -0.25) is 14.6 Å². The Morgan fingerprint density at radius 2 is 1.30 bits per heavy atom. The fourth-order valence-electron chi connectivity index (χ4n) is 7.38. The van der Waals surface area contributed by atoms with Crippen LogP contribution in [0, 0.1) is 12.3 Å². The van der Waals surface area contributed by atoms with E-state index in [2.05, 4.69) is 52.8 Å². The molecule has 1 aliphatic heterocycles. The number of alkyl carbamates (subject to hydrolysis) is 1. The number of amides is 2. The Labute approximate surface area is 335 Å². The quantitative estimate of drug-likeness (QED) is 0.0944. The number of nitrogens with zero attached hydrogens (tertiary/aromatic N) is 2. The van der Waals surface area contributed by atoms with Crippen molar-refractivity contribution in [2.45, 2.75) is 70.0 Å². The highest BCUT2D eigenvalue weighted by atomic mass is 32.2. The topological polar surface area (TPSA) is 97.8 Å². The van der Waals surface area contributed by atoms with Crippen LogP contribution in [0.5, 0.6) is 0 Å². The van der Waals surface area contributed by atoms with E-state index in [1.165, 1.54) is 0 Å². The number of likely N-dealkylation sites (tertiary alicyclic amines) is 1. The van der Waals surface area contributed by atoms with E-state index in [4.69, 9.17) is 9.47 Å². The van der Waals surface area contributed by atoms with Crippen LogP contribution in [0.1, 0.15) is 67.1 Å². The van der Waals surface area contributed by atoms with E-state index in [1.807, 2.05) is 97.9 Å². The number of aryl methyl sites for hydroxylation is 1. The Balaban J connectivity index is 1.29. The molecule has 56 heavy (non-hydrogen) atoms. The summed E-state index contributed by atoms with van der Waals surface area (Å²) in [7, 11) is 0. The number of pyridine rings is 1. The van der Waals surface area contributed by atoms with E-state index in [-0.39, 0.29) is 24.2 Å². The molecule has 1 N–H and O–H groups in total. The van der Waals surface area contributed by atoms with Gasteiger partial charge in [0.05, 0.1) is 15.9 Å². The van der Waals surface area contributed by atoms with Gasteiger partial charge in [-0.05, 0) is 86.9 Å². The molecule has 2 heterocycles. The predicted octanol–water partition coefficient (Wildman–Crippen LogP) is 8.90. The van der Waals surface area contributed by atoms with Crippen molar-refractivity contribution in [3.8, 4) is 0 Å². The first-order valence-electron chi connectivity index (χ1n) is 19.2. The number of hydrogen-bond donors (Lipinski definition) is 1. The standard InChI is InChI=1S/C47H51N3O5S/c1-35-18-14-15-19-36(35)32-46(43(52)54-33-40-26-16-17-29-48-40)27-30-50(31-28-46)42(51)41(49-44(53)55-45(2,3)4)34-56-47(37-20-8-5-9-21-37,38-22-10-6-11-23-38)39-24-12-7-13-25-39/h5-26,29,41H,27-28,30-34H2,1-4H3,(H,49,53)/t41-/m0/s1. The summed E-state index contributed by atoms with van der Waals surface area (Å²) < 4.78 is 10.9. The number of carbonyl (C=O) groups is 3. The van der Waals surface area contributed by atoms with Gasteiger partial charge in [-0.25, -0.2) is 4.79 Å². The second kappa shape index (κ2) is 18.0. The summed E-state index contributed by atoms with van der Waals surface area (Å²) in [6, 6.07) is 43.5. The molecule has 0 radical (unpaired) electrons. The first kappa shape index (κ1) is 40.3. The maximum absolute atomic E-state index is 14.7. The lowest BCUT2D eigenvalue weighted by Gasteiger charge is -2.42. The average Bonchev–Trinajstić information content (AvgIpc) is 3.21. The number of rotatable bonds is 13. The number of ether oxygens (including phenoxy) is 2. The molecule has 0 unspecified atom stereocenters. The molecule has 0 aliphatic carbocycles. The molecule has 9 heteroatoms. The lowest BCUT2D eigenvalue weighted by atomic mass is 9.73. The summed E-state index contributed by atoms with van der Waals surface area (Å²) in [5.41, 5.74) is 4.39. The maximum atomic E-state index is 14.7. The number of benzene rings is 4. The van der Waals surface area contributed by atoms with Crippen LogP contribution < -0.4 is 5.32 Å². The van der Waals surface area contributed by atoms with E-state index < -0.39 is 27.9 Å². The summed E-state index contributed by atoms with van der Waals surface area (Å²) in [6.45, 7) is 8.16. The van der Waals surface area contributed by atoms with Gasteiger partial charge in [0.15, 0.2) is 0 Å². The fourth-order valence-corrected chi connectivity index (χ4v) is 8.93. The van der Waals surface area contributed by atoms with Gasteiger partial charge >= 0.3 is 12.1 Å². The van der Waals surface area contributed by atoms with Crippen LogP contribution in [0.3, 0.4) is 0 Å². The molecule has 2 amide bonds. The number of nitrogens with one attached hydrogen (secondary N) is 1. The fraction of sp³-hybridized carbons (Fsp3) is 0.319. The second-order valence-corrected chi connectivity index (χ2v) is 16.6. The zero-order chi connectivity index (χ0) is 39.6. The molecule has 0 saturated carbocycles. The van der Waals surface area contributed by atoms with Crippen molar-refractivity contribution in [3.63, 3.8) is 0 Å². The third kappa shape index (κ3) is 9.69. The average molecular weight is 770 g/mol. The number of hydrogen-bond acceptors (Lipinski definition) is 7. The molecule has 4 aromatic carbocycles. The van der Waals surface area contributed by atoms with Gasteiger partial charge in [0.2, 0.25) is 5.91 Å². The molecule has 8 nitrogen and oxygen atoms in total. The molecule has 1 aliphatic rings. The SMILES string of the molecule is Cc1ccccc1CC1(C(=O)OCc2ccccn2)CCN(C(=O)[C@H](CSC(c2ccccc2)(c2ccccc2)c2ccccc2)NC(=O)OC(C)(C)C)CC1. The first-order valence-corrected chi connectivity index (χ1v) is 20.2. The van der Waals surface area contributed by atoms with E-state index in [1.54, 1.807) is 43.6 Å². The molecule has 0 spiro atoms. The summed E-state index contributed by atoms with van der Waals surface area (Å²) in [5, 5.41) is 2.96. The van der Waals surface area contributed by atoms with Crippen LogP contribution in [-0.2, 0) is 36.8 Å². The molecule has 5 aromatic rings. The highest BCUT2D eigenvalue weighted by Gasteiger charge is 2.46. The van der Waals surface area contributed by atoms with Crippen molar-refractivity contribution >= 4 is 29.7 Å². The lowest BCUT2D eigenvalue weighted by molar-refractivity contribution is -0.162. The Morgan fingerprint density at radius 1 is 0.768 bits per heavy atom. The Morgan fingerprint density at radius 3 is 1.82 bits per heavy atom. The van der Waals surface area contributed by atoms with Crippen LogP contribution in [0.25, 0.3) is 0 Å². The zero-order valence-electron chi connectivity index (χ0n) is 32.7. The smallest absolute Gasteiger partial charge is 0.408 e. The van der Waals surface area contributed by atoms with Gasteiger partial charge in [0.25, 0.3) is 0 Å². The van der Waals surface area contributed by atoms with Crippen LogP contribution in [0.4, 0.5) is 4.79 Å². The summed E-state index contributed by atoms with van der Waals surface area (Å²) >= 11 is 1.60. The van der Waals surface area contributed by atoms with Crippen molar-refractivity contribution in [2.75, 3.05) is 18.8 Å². The van der Waals surface area contributed by atoms with Crippen LogP contribution >= 0.6 is 11.8 Å². The second-order valence-electron chi connectivity index (χ2n) is 15.4. The minimum atomic E-state index is -0.926. The maximum Gasteiger partial charge on any atom is 0.408 e. The summed E-state index contributed by atoms with van der Waals surface area (Å²) in [4.78, 5) is 48.4. The van der Waals surface area contributed by atoms with Gasteiger partial charge in [0.1, 0.15) is 18.2 Å². The minimum absolute atomic E-state index is 0.0724. The van der Waals surface area contributed by atoms with Crippen molar-refractivity contribution < 1.29 is 23.9 Å². The number of thioether (sulfide) groups is 1. The highest BCUT2D eigenvalue weighted by Crippen LogP contribution is 2.49. The van der Waals surface area contributed by atoms with Crippen LogP contribution in [0.2, 0.25) is 0 Å². The van der Waals surface area contributed by atoms with E-state index >= 15 is 0 Å². The molecular formula is C47H51N3O5S. The molecule has 1 fully saturated rings. The normalized spacial score (nSPS) is 14.7.